The fourth-order valence-corrected chi connectivity index (χ4v) is 6.38. The largest absolute Gasteiger partial charge is 0.385 e. The highest BCUT2D eigenvalue weighted by Crippen LogP contribution is 2.62. The maximum absolute atomic E-state index is 11.9. The summed E-state index contributed by atoms with van der Waals surface area (Å²) in [5, 5.41) is 10.4. The van der Waals surface area contributed by atoms with Gasteiger partial charge in [0.25, 0.3) is 0 Å². The van der Waals surface area contributed by atoms with E-state index in [2.05, 4.69) is 13.8 Å². The molecule has 1 heterocycles. The zero-order valence-electron chi connectivity index (χ0n) is 13.3. The number of ether oxygens (including phenoxy) is 1. The van der Waals surface area contributed by atoms with Gasteiger partial charge in [0.2, 0.25) is 0 Å². The van der Waals surface area contributed by atoms with Crippen LogP contribution in [0.3, 0.4) is 0 Å². The summed E-state index contributed by atoms with van der Waals surface area (Å²) in [4.78, 5) is 11.9. The van der Waals surface area contributed by atoms with Gasteiger partial charge in [0.05, 0.1) is 6.10 Å². The number of rotatable bonds is 0. The number of ketones is 1. The fourth-order valence-electron chi connectivity index (χ4n) is 6.38. The fraction of sp³-hybridized carbons (Fsp3) is 0.944. The molecular formula is C18H28O3. The Bertz CT molecular complexity index is 461. The maximum Gasteiger partial charge on any atom is 0.161 e. The van der Waals surface area contributed by atoms with E-state index in [0.29, 0.717) is 29.8 Å². The van der Waals surface area contributed by atoms with Crippen molar-refractivity contribution in [1.82, 2.24) is 0 Å². The molecule has 3 aliphatic carbocycles. The lowest BCUT2D eigenvalue weighted by Gasteiger charge is -2.59. The SMILES string of the molecule is C[C@@]12CCO[C@H]1[C@@H]1CC[C@H]3[C@@H](O)C(=O)CC[C@]3(C)[C@H]1CC2. The Morgan fingerprint density at radius 3 is 2.71 bits per heavy atom. The number of hydrogen-bond donors (Lipinski definition) is 1. The highest BCUT2D eigenvalue weighted by atomic mass is 16.5. The second-order valence-corrected chi connectivity index (χ2v) is 8.61. The van der Waals surface area contributed by atoms with E-state index in [0.717, 1.165) is 25.9 Å². The van der Waals surface area contributed by atoms with Gasteiger partial charge in [0, 0.05) is 13.0 Å². The predicted molar refractivity (Wildman–Crippen MR) is 79.8 cm³/mol. The minimum absolute atomic E-state index is 0.0775. The monoisotopic (exact) mass is 292 g/mol. The van der Waals surface area contributed by atoms with Gasteiger partial charge in [-0.2, -0.15) is 0 Å². The molecule has 1 saturated heterocycles. The number of carbonyl (C=O) groups excluding carboxylic acids is 1. The molecule has 4 fully saturated rings. The Hall–Kier alpha value is -0.410. The van der Waals surface area contributed by atoms with Crippen molar-refractivity contribution in [2.45, 2.75) is 71.0 Å². The lowest BCUT2D eigenvalue weighted by atomic mass is 9.46. The molecule has 7 atom stereocenters. The molecule has 0 aromatic heterocycles. The molecule has 0 aromatic carbocycles. The average molecular weight is 292 g/mol. The van der Waals surface area contributed by atoms with Gasteiger partial charge < -0.3 is 9.84 Å². The van der Waals surface area contributed by atoms with Crippen LogP contribution < -0.4 is 0 Å². The first-order chi connectivity index (χ1) is 9.96. The molecule has 0 aromatic rings. The van der Waals surface area contributed by atoms with Crippen LogP contribution in [-0.2, 0) is 9.53 Å². The Morgan fingerprint density at radius 2 is 1.90 bits per heavy atom. The molecule has 4 rings (SSSR count). The van der Waals surface area contributed by atoms with Crippen LogP contribution in [0.25, 0.3) is 0 Å². The van der Waals surface area contributed by atoms with Gasteiger partial charge in [-0.25, -0.2) is 0 Å². The third-order valence-corrected chi connectivity index (χ3v) is 7.72. The van der Waals surface area contributed by atoms with Crippen molar-refractivity contribution in [3.63, 3.8) is 0 Å². The van der Waals surface area contributed by atoms with Crippen molar-refractivity contribution in [2.75, 3.05) is 6.61 Å². The summed E-state index contributed by atoms with van der Waals surface area (Å²) < 4.78 is 6.17. The molecule has 0 bridgehead atoms. The molecule has 1 aliphatic heterocycles. The van der Waals surface area contributed by atoms with Gasteiger partial charge >= 0.3 is 0 Å². The molecule has 4 aliphatic rings. The van der Waals surface area contributed by atoms with Crippen molar-refractivity contribution in [3.8, 4) is 0 Å². The van der Waals surface area contributed by atoms with E-state index in [1.165, 1.54) is 19.3 Å². The molecule has 0 amide bonds. The standard InChI is InChI=1S/C18H28O3/c1-17-7-5-12-11(16(17)21-10-9-17)3-4-13-15(20)14(19)6-8-18(12,13)2/h11-13,15-16,20H,3-10H2,1-2H3/t11-,12+,13+,15-,16+,17-,18-/m1/s1. The van der Waals surface area contributed by atoms with E-state index >= 15 is 0 Å². The van der Waals surface area contributed by atoms with Crippen LogP contribution in [0.5, 0.6) is 0 Å². The van der Waals surface area contributed by atoms with Gasteiger partial charge in [-0.3, -0.25) is 4.79 Å². The van der Waals surface area contributed by atoms with E-state index in [1.54, 1.807) is 0 Å². The molecule has 3 heteroatoms. The minimum atomic E-state index is -0.706. The number of hydrogen-bond acceptors (Lipinski definition) is 3. The van der Waals surface area contributed by atoms with Gasteiger partial charge in [0.15, 0.2) is 5.78 Å². The van der Waals surface area contributed by atoms with Crippen LogP contribution in [0, 0.1) is 28.6 Å². The Kier molecular flexibility index (Phi) is 3.07. The smallest absolute Gasteiger partial charge is 0.161 e. The first-order valence-electron chi connectivity index (χ1n) is 8.78. The number of fused-ring (bicyclic) bond motifs is 5. The zero-order valence-corrected chi connectivity index (χ0v) is 13.3. The lowest BCUT2D eigenvalue weighted by Crippen LogP contribution is -2.58. The summed E-state index contributed by atoms with van der Waals surface area (Å²) in [5.74, 6) is 1.54. The van der Waals surface area contributed by atoms with Crippen molar-refractivity contribution in [3.05, 3.63) is 0 Å². The molecule has 21 heavy (non-hydrogen) atoms. The molecular weight excluding hydrogens is 264 g/mol. The first kappa shape index (κ1) is 14.2. The van der Waals surface area contributed by atoms with Crippen LogP contribution >= 0.6 is 0 Å². The van der Waals surface area contributed by atoms with Gasteiger partial charge in [-0.05, 0) is 67.1 Å². The molecule has 3 saturated carbocycles. The normalized spacial score (nSPS) is 56.5. The van der Waals surface area contributed by atoms with Crippen LogP contribution in [0.1, 0.15) is 58.8 Å². The zero-order chi connectivity index (χ0) is 14.8. The van der Waals surface area contributed by atoms with Crippen molar-refractivity contribution in [2.24, 2.45) is 28.6 Å². The molecule has 118 valence electrons. The summed E-state index contributed by atoms with van der Waals surface area (Å²) in [6.07, 6.45) is 7.11. The number of aliphatic hydroxyl groups is 1. The second kappa shape index (κ2) is 4.55. The molecule has 0 unspecified atom stereocenters. The van der Waals surface area contributed by atoms with Crippen LogP contribution in [0.2, 0.25) is 0 Å². The van der Waals surface area contributed by atoms with E-state index in [4.69, 9.17) is 4.74 Å². The number of Topliss-reactive ketones (excluding diaryl/α,β-unsaturated/α-hetero) is 1. The average Bonchev–Trinajstić information content (AvgIpc) is 2.85. The third-order valence-electron chi connectivity index (χ3n) is 7.72. The summed E-state index contributed by atoms with van der Waals surface area (Å²) >= 11 is 0. The lowest BCUT2D eigenvalue weighted by molar-refractivity contribution is -0.169. The summed E-state index contributed by atoms with van der Waals surface area (Å²) in [7, 11) is 0. The molecule has 3 nitrogen and oxygen atoms in total. The number of aliphatic hydroxyl groups excluding tert-OH is 1. The van der Waals surface area contributed by atoms with E-state index in [-0.39, 0.29) is 17.1 Å². The second-order valence-electron chi connectivity index (χ2n) is 8.61. The first-order valence-corrected chi connectivity index (χ1v) is 8.78. The van der Waals surface area contributed by atoms with Gasteiger partial charge in [0.1, 0.15) is 6.10 Å². The Balaban J connectivity index is 1.66. The van der Waals surface area contributed by atoms with Crippen molar-refractivity contribution >= 4 is 5.78 Å². The summed E-state index contributed by atoms with van der Waals surface area (Å²) in [6.45, 7) is 5.68. The van der Waals surface area contributed by atoms with Gasteiger partial charge in [-0.1, -0.05) is 13.8 Å². The Morgan fingerprint density at radius 1 is 1.10 bits per heavy atom. The predicted octanol–water partition coefficient (Wildman–Crippen LogP) is 2.95. The Labute approximate surface area is 127 Å². The van der Waals surface area contributed by atoms with E-state index < -0.39 is 6.10 Å². The van der Waals surface area contributed by atoms with Crippen LogP contribution in [0.4, 0.5) is 0 Å². The third kappa shape index (κ3) is 1.83. The van der Waals surface area contributed by atoms with Crippen molar-refractivity contribution < 1.29 is 14.6 Å². The quantitative estimate of drug-likeness (QED) is 0.746. The highest BCUT2D eigenvalue weighted by Gasteiger charge is 2.60. The van der Waals surface area contributed by atoms with Gasteiger partial charge in [-0.15, -0.1) is 0 Å². The van der Waals surface area contributed by atoms with Crippen molar-refractivity contribution in [1.29, 1.82) is 0 Å². The molecule has 0 spiro atoms. The van der Waals surface area contributed by atoms with Crippen LogP contribution in [0.15, 0.2) is 0 Å². The maximum atomic E-state index is 11.9. The molecule has 0 radical (unpaired) electrons. The number of carbonyl (C=O) groups is 1. The van der Waals surface area contributed by atoms with Crippen LogP contribution in [-0.4, -0.2) is 29.7 Å². The highest BCUT2D eigenvalue weighted by molar-refractivity contribution is 5.84. The minimum Gasteiger partial charge on any atom is -0.385 e. The molecule has 1 N–H and O–H groups in total. The topological polar surface area (TPSA) is 46.5 Å². The summed E-state index contributed by atoms with van der Waals surface area (Å²) in [5.41, 5.74) is 0.525. The van der Waals surface area contributed by atoms with E-state index in [9.17, 15) is 9.90 Å². The van der Waals surface area contributed by atoms with E-state index in [1.807, 2.05) is 0 Å². The summed E-state index contributed by atoms with van der Waals surface area (Å²) in [6, 6.07) is 0.